The molecule has 4 N–H and O–H groups in total. The van der Waals surface area contributed by atoms with Gasteiger partial charge in [0.15, 0.2) is 0 Å². The largest absolute Gasteiger partial charge is 0.322 e. The zero-order chi connectivity index (χ0) is 10.9. The molecule has 1 aromatic rings. The third-order valence-corrected chi connectivity index (χ3v) is 3.01. The predicted molar refractivity (Wildman–Crippen MR) is 64.1 cm³/mol. The SMILES string of the molecule is NC1C=CC=CC1(N)c1ccnc(Br)c1. The van der Waals surface area contributed by atoms with Gasteiger partial charge in [0.2, 0.25) is 0 Å². The molecule has 2 rings (SSSR count). The van der Waals surface area contributed by atoms with Gasteiger partial charge in [-0.05, 0) is 33.6 Å². The lowest BCUT2D eigenvalue weighted by molar-refractivity contribution is 0.491. The molecule has 4 heteroatoms. The molecule has 0 aliphatic heterocycles. The van der Waals surface area contributed by atoms with E-state index in [2.05, 4.69) is 20.9 Å². The van der Waals surface area contributed by atoms with E-state index in [1.54, 1.807) is 6.20 Å². The maximum Gasteiger partial charge on any atom is 0.106 e. The molecule has 0 radical (unpaired) electrons. The Kier molecular flexibility index (Phi) is 2.73. The fourth-order valence-electron chi connectivity index (χ4n) is 1.63. The molecular formula is C11H12BrN3. The van der Waals surface area contributed by atoms with Gasteiger partial charge in [-0.15, -0.1) is 0 Å². The number of hydrogen-bond acceptors (Lipinski definition) is 3. The summed E-state index contributed by atoms with van der Waals surface area (Å²) in [4.78, 5) is 4.07. The topological polar surface area (TPSA) is 64.9 Å². The van der Waals surface area contributed by atoms with Crippen LogP contribution >= 0.6 is 15.9 Å². The third-order valence-electron chi connectivity index (χ3n) is 2.58. The van der Waals surface area contributed by atoms with Crippen molar-refractivity contribution in [2.45, 2.75) is 11.6 Å². The summed E-state index contributed by atoms with van der Waals surface area (Å²) in [5, 5.41) is 0. The van der Waals surface area contributed by atoms with Crippen molar-refractivity contribution in [2.24, 2.45) is 11.5 Å². The van der Waals surface area contributed by atoms with Crippen LogP contribution in [0.1, 0.15) is 5.56 Å². The summed E-state index contributed by atoms with van der Waals surface area (Å²) >= 11 is 3.32. The zero-order valence-electron chi connectivity index (χ0n) is 8.10. The maximum absolute atomic E-state index is 6.28. The number of rotatable bonds is 1. The van der Waals surface area contributed by atoms with Gasteiger partial charge in [0, 0.05) is 12.2 Å². The number of allylic oxidation sites excluding steroid dienone is 2. The highest BCUT2D eigenvalue weighted by Crippen LogP contribution is 2.27. The molecule has 1 aliphatic carbocycles. The Labute approximate surface area is 97.0 Å². The van der Waals surface area contributed by atoms with Gasteiger partial charge in [-0.25, -0.2) is 4.98 Å². The van der Waals surface area contributed by atoms with Crippen molar-refractivity contribution in [3.05, 3.63) is 52.8 Å². The number of aromatic nitrogens is 1. The van der Waals surface area contributed by atoms with Crippen LogP contribution in [0.3, 0.4) is 0 Å². The van der Waals surface area contributed by atoms with E-state index in [1.807, 2.05) is 36.4 Å². The molecule has 3 nitrogen and oxygen atoms in total. The first kappa shape index (κ1) is 10.5. The first-order chi connectivity index (χ1) is 7.13. The summed E-state index contributed by atoms with van der Waals surface area (Å²) in [7, 11) is 0. The summed E-state index contributed by atoms with van der Waals surface area (Å²) in [5.41, 5.74) is 12.6. The summed E-state index contributed by atoms with van der Waals surface area (Å²) in [5.74, 6) is 0. The molecule has 0 bridgehead atoms. The average Bonchev–Trinajstić information content (AvgIpc) is 2.23. The van der Waals surface area contributed by atoms with Crippen LogP contribution in [0.25, 0.3) is 0 Å². The second-order valence-electron chi connectivity index (χ2n) is 3.57. The van der Waals surface area contributed by atoms with Gasteiger partial charge in [-0.1, -0.05) is 24.3 Å². The quantitative estimate of drug-likeness (QED) is 0.756. The van der Waals surface area contributed by atoms with Crippen LogP contribution < -0.4 is 11.5 Å². The normalized spacial score (nSPS) is 29.4. The van der Waals surface area contributed by atoms with Crippen molar-refractivity contribution < 1.29 is 0 Å². The monoisotopic (exact) mass is 265 g/mol. The van der Waals surface area contributed by atoms with E-state index in [-0.39, 0.29) is 6.04 Å². The maximum atomic E-state index is 6.28. The van der Waals surface area contributed by atoms with Crippen molar-refractivity contribution in [1.82, 2.24) is 4.98 Å². The molecule has 1 aliphatic rings. The Morgan fingerprint density at radius 2 is 2.20 bits per heavy atom. The van der Waals surface area contributed by atoms with E-state index < -0.39 is 5.54 Å². The standard InChI is InChI=1S/C11H12BrN3/c12-10-7-8(4-6-15-10)11(14)5-2-1-3-9(11)13/h1-7,9H,13-14H2. The third kappa shape index (κ3) is 1.88. The van der Waals surface area contributed by atoms with E-state index in [9.17, 15) is 0 Å². The lowest BCUT2D eigenvalue weighted by Gasteiger charge is -2.32. The van der Waals surface area contributed by atoms with Gasteiger partial charge in [0.25, 0.3) is 0 Å². The van der Waals surface area contributed by atoms with Crippen LogP contribution in [-0.2, 0) is 5.54 Å². The van der Waals surface area contributed by atoms with Crippen molar-refractivity contribution in [3.8, 4) is 0 Å². The van der Waals surface area contributed by atoms with Gasteiger partial charge in [0.1, 0.15) is 4.60 Å². The van der Waals surface area contributed by atoms with E-state index in [0.717, 1.165) is 10.2 Å². The van der Waals surface area contributed by atoms with Crippen molar-refractivity contribution >= 4 is 15.9 Å². The number of hydrogen-bond donors (Lipinski definition) is 2. The molecule has 2 atom stereocenters. The Morgan fingerprint density at radius 1 is 1.40 bits per heavy atom. The van der Waals surface area contributed by atoms with Crippen LogP contribution in [0, 0.1) is 0 Å². The number of nitrogens with zero attached hydrogens (tertiary/aromatic N) is 1. The molecule has 0 saturated carbocycles. The van der Waals surface area contributed by atoms with Gasteiger partial charge < -0.3 is 11.5 Å². The molecule has 2 unspecified atom stereocenters. The van der Waals surface area contributed by atoms with Crippen LogP contribution in [0.5, 0.6) is 0 Å². The fraction of sp³-hybridized carbons (Fsp3) is 0.182. The van der Waals surface area contributed by atoms with E-state index >= 15 is 0 Å². The lowest BCUT2D eigenvalue weighted by atomic mass is 9.82. The van der Waals surface area contributed by atoms with Crippen LogP contribution in [0.15, 0.2) is 47.2 Å². The van der Waals surface area contributed by atoms with Crippen LogP contribution in [0.4, 0.5) is 0 Å². The summed E-state index contributed by atoms with van der Waals surface area (Å²) in [6.45, 7) is 0. The van der Waals surface area contributed by atoms with Gasteiger partial charge in [0.05, 0.1) is 5.54 Å². The summed E-state index contributed by atoms with van der Waals surface area (Å²) < 4.78 is 0.764. The molecule has 0 saturated heterocycles. The van der Waals surface area contributed by atoms with Gasteiger partial charge in [-0.2, -0.15) is 0 Å². The van der Waals surface area contributed by atoms with Crippen molar-refractivity contribution in [2.75, 3.05) is 0 Å². The number of nitrogens with two attached hydrogens (primary N) is 2. The second kappa shape index (κ2) is 3.89. The Balaban J connectivity index is 2.45. The molecule has 0 fully saturated rings. The highest BCUT2D eigenvalue weighted by Gasteiger charge is 2.31. The van der Waals surface area contributed by atoms with Gasteiger partial charge >= 0.3 is 0 Å². The number of halogens is 1. The van der Waals surface area contributed by atoms with Gasteiger partial charge in [-0.3, -0.25) is 0 Å². The first-order valence-electron chi connectivity index (χ1n) is 4.65. The minimum atomic E-state index is -0.639. The van der Waals surface area contributed by atoms with Crippen molar-refractivity contribution in [3.63, 3.8) is 0 Å². The van der Waals surface area contributed by atoms with Crippen LogP contribution in [-0.4, -0.2) is 11.0 Å². The molecule has 1 heterocycles. The second-order valence-corrected chi connectivity index (χ2v) is 4.38. The molecule has 0 amide bonds. The lowest BCUT2D eigenvalue weighted by Crippen LogP contribution is -2.50. The van der Waals surface area contributed by atoms with Crippen LogP contribution in [0.2, 0.25) is 0 Å². The predicted octanol–water partition coefficient (Wildman–Crippen LogP) is 1.45. The molecule has 0 aromatic carbocycles. The summed E-state index contributed by atoms with van der Waals surface area (Å²) in [6.07, 6.45) is 9.35. The minimum absolute atomic E-state index is 0.211. The highest BCUT2D eigenvalue weighted by atomic mass is 79.9. The van der Waals surface area contributed by atoms with E-state index in [0.29, 0.717) is 0 Å². The van der Waals surface area contributed by atoms with E-state index in [1.165, 1.54) is 0 Å². The van der Waals surface area contributed by atoms with E-state index in [4.69, 9.17) is 11.5 Å². The summed E-state index contributed by atoms with van der Waals surface area (Å²) in [6, 6.07) is 3.56. The zero-order valence-corrected chi connectivity index (χ0v) is 9.68. The molecule has 78 valence electrons. The Hall–Kier alpha value is -0.970. The average molecular weight is 266 g/mol. The highest BCUT2D eigenvalue weighted by molar-refractivity contribution is 9.10. The first-order valence-corrected chi connectivity index (χ1v) is 5.45. The fourth-order valence-corrected chi connectivity index (χ4v) is 1.99. The minimum Gasteiger partial charge on any atom is -0.322 e. The molecular weight excluding hydrogens is 254 g/mol. The smallest absolute Gasteiger partial charge is 0.106 e. The number of pyridine rings is 1. The Bertz CT molecular complexity index is 428. The van der Waals surface area contributed by atoms with Crippen molar-refractivity contribution in [1.29, 1.82) is 0 Å². The Morgan fingerprint density at radius 3 is 2.87 bits per heavy atom. The molecule has 15 heavy (non-hydrogen) atoms. The molecule has 0 spiro atoms. The molecule has 1 aromatic heterocycles.